The third kappa shape index (κ3) is 3.33. The highest BCUT2D eigenvalue weighted by Crippen LogP contribution is 2.29. The van der Waals surface area contributed by atoms with Gasteiger partial charge in [0.2, 0.25) is 0 Å². The van der Waals surface area contributed by atoms with Gasteiger partial charge < -0.3 is 20.5 Å². The zero-order valence-corrected chi connectivity index (χ0v) is 11.2. The van der Waals surface area contributed by atoms with Crippen LogP contribution < -0.4 is 10.5 Å². The Bertz CT molecular complexity index is 463. The lowest BCUT2D eigenvalue weighted by Crippen LogP contribution is -2.30. The number of rotatable bonds is 5. The minimum atomic E-state index is -0.303. The highest BCUT2D eigenvalue weighted by atomic mass is 32.1. The molecule has 1 amide bonds. The predicted molar refractivity (Wildman–Crippen MR) is 73.0 cm³/mol. The van der Waals surface area contributed by atoms with E-state index in [1.165, 1.54) is 18.1 Å². The Kier molecular flexibility index (Phi) is 4.91. The first-order valence-electron chi connectivity index (χ1n) is 5.37. The molecule has 0 aliphatic heterocycles. The van der Waals surface area contributed by atoms with E-state index in [0.717, 1.165) is 0 Å². The fourth-order valence-electron chi connectivity index (χ4n) is 1.44. The summed E-state index contributed by atoms with van der Waals surface area (Å²) >= 11 is 4.75. The summed E-state index contributed by atoms with van der Waals surface area (Å²) in [4.78, 5) is 13.9. The van der Waals surface area contributed by atoms with Gasteiger partial charge in [0.15, 0.2) is 11.5 Å². The largest absolute Gasteiger partial charge is 0.504 e. The quantitative estimate of drug-likeness (QED) is 0.783. The first-order valence-corrected chi connectivity index (χ1v) is 5.78. The van der Waals surface area contributed by atoms with E-state index in [1.807, 2.05) is 0 Å². The van der Waals surface area contributed by atoms with E-state index in [1.54, 1.807) is 19.2 Å². The van der Waals surface area contributed by atoms with Gasteiger partial charge in [0.1, 0.15) is 0 Å². The molecule has 18 heavy (non-hydrogen) atoms. The highest BCUT2D eigenvalue weighted by molar-refractivity contribution is 7.80. The van der Waals surface area contributed by atoms with Crippen LogP contribution in [0.25, 0.3) is 0 Å². The van der Waals surface area contributed by atoms with Crippen LogP contribution in [0.5, 0.6) is 11.5 Å². The van der Waals surface area contributed by atoms with Crippen LogP contribution in [0.1, 0.15) is 16.8 Å². The molecule has 3 N–H and O–H groups in total. The third-order valence-electron chi connectivity index (χ3n) is 2.49. The Morgan fingerprint density at radius 3 is 2.78 bits per heavy atom. The summed E-state index contributed by atoms with van der Waals surface area (Å²) in [6.45, 7) is 0.408. The van der Waals surface area contributed by atoms with Crippen LogP contribution in [0.3, 0.4) is 0 Å². The molecular formula is C12H16N2O3S. The number of carbonyl (C=O) groups is 1. The van der Waals surface area contributed by atoms with Crippen LogP contribution >= 0.6 is 12.2 Å². The van der Waals surface area contributed by atoms with Gasteiger partial charge in [0, 0.05) is 20.0 Å². The summed E-state index contributed by atoms with van der Waals surface area (Å²) in [6.07, 6.45) is 0.447. The number of nitrogens with two attached hydrogens (primary N) is 1. The summed E-state index contributed by atoms with van der Waals surface area (Å²) in [5, 5.41) is 9.86. The van der Waals surface area contributed by atoms with Crippen LogP contribution in [0.2, 0.25) is 0 Å². The fourth-order valence-corrected chi connectivity index (χ4v) is 1.54. The second-order valence-electron chi connectivity index (χ2n) is 3.80. The standard InChI is InChI=1S/C12H16N2O3S/c1-14(7-6-10(13)18)12(16)8-4-3-5-9(17-2)11(8)15/h3-5,15H,6-7H2,1-2H3,(H2,13,18). The van der Waals surface area contributed by atoms with E-state index in [-0.39, 0.29) is 23.0 Å². The summed E-state index contributed by atoms with van der Waals surface area (Å²) in [5.41, 5.74) is 5.57. The van der Waals surface area contributed by atoms with E-state index in [9.17, 15) is 9.90 Å². The SMILES string of the molecule is COc1cccc(C(=O)N(C)CCC(N)=S)c1O. The van der Waals surface area contributed by atoms with Gasteiger partial charge in [-0.2, -0.15) is 0 Å². The molecule has 0 heterocycles. The topological polar surface area (TPSA) is 75.8 Å². The molecule has 0 unspecified atom stereocenters. The number of hydrogen-bond donors (Lipinski definition) is 2. The lowest BCUT2D eigenvalue weighted by molar-refractivity contribution is 0.0795. The monoisotopic (exact) mass is 268 g/mol. The van der Waals surface area contributed by atoms with Gasteiger partial charge in [-0.05, 0) is 12.1 Å². The molecule has 1 aromatic carbocycles. The number of methoxy groups -OCH3 is 1. The van der Waals surface area contributed by atoms with Crippen molar-refractivity contribution in [3.63, 3.8) is 0 Å². The second-order valence-corrected chi connectivity index (χ2v) is 4.32. The number of carbonyl (C=O) groups excluding carboxylic acids is 1. The number of ether oxygens (including phenoxy) is 1. The van der Waals surface area contributed by atoms with Crippen LogP contribution in [-0.2, 0) is 0 Å². The molecule has 6 heteroatoms. The molecule has 0 aliphatic carbocycles. The zero-order chi connectivity index (χ0) is 13.7. The van der Waals surface area contributed by atoms with Crippen molar-refractivity contribution in [1.29, 1.82) is 0 Å². The molecule has 5 nitrogen and oxygen atoms in total. The fraction of sp³-hybridized carbons (Fsp3) is 0.333. The van der Waals surface area contributed by atoms with Crippen molar-refractivity contribution in [2.75, 3.05) is 20.7 Å². The van der Waals surface area contributed by atoms with Gasteiger partial charge in [0.05, 0.1) is 17.7 Å². The average molecular weight is 268 g/mol. The van der Waals surface area contributed by atoms with E-state index >= 15 is 0 Å². The number of benzene rings is 1. The zero-order valence-electron chi connectivity index (χ0n) is 10.3. The number of hydrogen-bond acceptors (Lipinski definition) is 4. The van der Waals surface area contributed by atoms with E-state index in [2.05, 4.69) is 0 Å². The van der Waals surface area contributed by atoms with E-state index in [0.29, 0.717) is 18.0 Å². The molecule has 1 rings (SSSR count). The van der Waals surface area contributed by atoms with E-state index < -0.39 is 0 Å². The van der Waals surface area contributed by atoms with Gasteiger partial charge in [-0.15, -0.1) is 0 Å². The highest BCUT2D eigenvalue weighted by Gasteiger charge is 2.18. The van der Waals surface area contributed by atoms with Crippen LogP contribution in [-0.4, -0.2) is 41.6 Å². The summed E-state index contributed by atoms with van der Waals surface area (Å²) in [5.74, 6) is -0.196. The molecule has 0 spiro atoms. The minimum absolute atomic E-state index is 0.160. The Labute approximate surface area is 111 Å². The first kappa shape index (κ1) is 14.2. The Morgan fingerprint density at radius 2 is 2.22 bits per heavy atom. The van der Waals surface area contributed by atoms with Gasteiger partial charge in [0.25, 0.3) is 5.91 Å². The number of phenols is 1. The lowest BCUT2D eigenvalue weighted by atomic mass is 10.1. The summed E-state index contributed by atoms with van der Waals surface area (Å²) in [7, 11) is 3.05. The molecular weight excluding hydrogens is 252 g/mol. The number of para-hydroxylation sites is 1. The van der Waals surface area contributed by atoms with Gasteiger partial charge in [-0.25, -0.2) is 0 Å². The summed E-state index contributed by atoms with van der Waals surface area (Å²) in [6, 6.07) is 4.77. The smallest absolute Gasteiger partial charge is 0.257 e. The lowest BCUT2D eigenvalue weighted by Gasteiger charge is -2.18. The number of aromatic hydroxyl groups is 1. The molecule has 1 aromatic rings. The maximum atomic E-state index is 12.1. The first-order chi connectivity index (χ1) is 8.47. The second kappa shape index (κ2) is 6.20. The molecule has 0 aliphatic rings. The Balaban J connectivity index is 2.86. The molecule has 0 fully saturated rings. The molecule has 0 atom stereocenters. The van der Waals surface area contributed by atoms with Crippen molar-refractivity contribution in [2.45, 2.75) is 6.42 Å². The molecule has 0 bridgehead atoms. The third-order valence-corrected chi connectivity index (χ3v) is 2.69. The minimum Gasteiger partial charge on any atom is -0.504 e. The van der Waals surface area contributed by atoms with Crippen LogP contribution in [0.4, 0.5) is 0 Å². The average Bonchev–Trinajstić information content (AvgIpc) is 2.35. The van der Waals surface area contributed by atoms with Crippen molar-refractivity contribution >= 4 is 23.1 Å². The normalized spacial score (nSPS) is 9.89. The van der Waals surface area contributed by atoms with Gasteiger partial charge in [-0.3, -0.25) is 4.79 Å². The molecule has 0 saturated carbocycles. The van der Waals surface area contributed by atoms with Crippen molar-refractivity contribution in [1.82, 2.24) is 4.90 Å². The van der Waals surface area contributed by atoms with Crippen LogP contribution in [0.15, 0.2) is 18.2 Å². The Hall–Kier alpha value is -1.82. The predicted octanol–water partition coefficient (Wildman–Crippen LogP) is 1.15. The van der Waals surface area contributed by atoms with Crippen molar-refractivity contribution in [2.24, 2.45) is 5.73 Å². The molecule has 0 radical (unpaired) electrons. The molecule has 0 saturated heterocycles. The maximum absolute atomic E-state index is 12.1. The maximum Gasteiger partial charge on any atom is 0.257 e. The molecule has 0 aromatic heterocycles. The van der Waals surface area contributed by atoms with Gasteiger partial charge in [-0.1, -0.05) is 18.3 Å². The van der Waals surface area contributed by atoms with Crippen molar-refractivity contribution in [3.05, 3.63) is 23.8 Å². The number of nitrogens with zero attached hydrogens (tertiary/aromatic N) is 1. The molecule has 98 valence electrons. The number of amides is 1. The summed E-state index contributed by atoms with van der Waals surface area (Å²) < 4.78 is 4.95. The van der Waals surface area contributed by atoms with E-state index in [4.69, 9.17) is 22.7 Å². The number of thiocarbonyl (C=S) groups is 1. The number of phenolic OH excluding ortho intramolecular Hbond substituents is 1. The van der Waals surface area contributed by atoms with Crippen LogP contribution in [0, 0.1) is 0 Å². The van der Waals surface area contributed by atoms with Crippen molar-refractivity contribution < 1.29 is 14.6 Å². The van der Waals surface area contributed by atoms with Gasteiger partial charge >= 0.3 is 0 Å². The van der Waals surface area contributed by atoms with Crippen molar-refractivity contribution in [3.8, 4) is 11.5 Å². The Morgan fingerprint density at radius 1 is 1.56 bits per heavy atom.